The lowest BCUT2D eigenvalue weighted by Gasteiger charge is -2.29. The van der Waals surface area contributed by atoms with Crippen LogP contribution in [0.4, 0.5) is 10.1 Å². The van der Waals surface area contributed by atoms with E-state index in [1.807, 2.05) is 24.3 Å². The third kappa shape index (κ3) is 2.54. The molecule has 1 N–H and O–H groups in total. The zero-order valence-electron chi connectivity index (χ0n) is 11.8. The summed E-state index contributed by atoms with van der Waals surface area (Å²) in [6, 6.07) is 14.2. The number of amides is 1. The van der Waals surface area contributed by atoms with Gasteiger partial charge in [-0.1, -0.05) is 36.4 Å². The van der Waals surface area contributed by atoms with E-state index in [1.54, 1.807) is 25.2 Å². The first-order valence-corrected chi connectivity index (χ1v) is 6.99. The van der Waals surface area contributed by atoms with Crippen LogP contribution in [-0.2, 0) is 11.3 Å². The van der Waals surface area contributed by atoms with Crippen molar-refractivity contribution in [2.45, 2.75) is 12.5 Å². The molecule has 0 fully saturated rings. The Bertz CT molecular complexity index is 671. The van der Waals surface area contributed by atoms with Crippen molar-refractivity contribution in [1.29, 1.82) is 0 Å². The van der Waals surface area contributed by atoms with E-state index in [0.29, 0.717) is 12.2 Å². The zero-order chi connectivity index (χ0) is 14.8. The Labute approximate surface area is 123 Å². The number of hydrogen-bond donors (Lipinski definition) is 1. The van der Waals surface area contributed by atoms with Gasteiger partial charge in [0.25, 0.3) is 0 Å². The molecule has 0 radical (unpaired) electrons. The Morgan fingerprint density at radius 3 is 2.71 bits per heavy atom. The smallest absolute Gasteiger partial charge is 0.235 e. The fourth-order valence-electron chi connectivity index (χ4n) is 2.79. The second-order valence-electron chi connectivity index (χ2n) is 5.23. The van der Waals surface area contributed by atoms with E-state index in [-0.39, 0.29) is 17.6 Å². The fourth-order valence-corrected chi connectivity index (χ4v) is 2.79. The lowest BCUT2D eigenvalue weighted by molar-refractivity contribution is -0.119. The molecule has 3 nitrogen and oxygen atoms in total. The largest absolute Gasteiger partial charge is 0.312 e. The van der Waals surface area contributed by atoms with E-state index in [1.165, 1.54) is 11.0 Å². The molecule has 1 aliphatic rings. The van der Waals surface area contributed by atoms with Crippen LogP contribution in [0.25, 0.3) is 0 Å². The van der Waals surface area contributed by atoms with Gasteiger partial charge in [0.05, 0.1) is 11.6 Å². The zero-order valence-corrected chi connectivity index (χ0v) is 11.8. The maximum atomic E-state index is 13.9. The molecule has 0 saturated carbocycles. The van der Waals surface area contributed by atoms with Crippen LogP contribution in [0.3, 0.4) is 0 Å². The van der Waals surface area contributed by atoms with Crippen molar-refractivity contribution in [3.05, 3.63) is 65.5 Å². The lowest BCUT2D eigenvalue weighted by atomic mass is 9.90. The third-order valence-corrected chi connectivity index (χ3v) is 3.94. The summed E-state index contributed by atoms with van der Waals surface area (Å²) in [5.41, 5.74) is 2.47. The molecule has 4 heteroatoms. The molecule has 0 saturated heterocycles. The summed E-state index contributed by atoms with van der Waals surface area (Å²) in [5, 5.41) is 3.25. The highest BCUT2D eigenvalue weighted by Gasteiger charge is 2.29. The number of likely N-dealkylation sites (N-methyl/N-ethyl adjacent to an activating group) is 1. The molecule has 2 aromatic rings. The third-order valence-electron chi connectivity index (χ3n) is 3.94. The van der Waals surface area contributed by atoms with Crippen molar-refractivity contribution >= 4 is 11.6 Å². The predicted octanol–water partition coefficient (Wildman–Crippen LogP) is 2.68. The average molecular weight is 284 g/mol. The molecular formula is C17H17FN2O. The topological polar surface area (TPSA) is 32.3 Å². The van der Waals surface area contributed by atoms with Crippen molar-refractivity contribution in [1.82, 2.24) is 5.32 Å². The maximum Gasteiger partial charge on any atom is 0.235 e. The summed E-state index contributed by atoms with van der Waals surface area (Å²) in [5.74, 6) is -0.760. The number of nitrogens with zero attached hydrogens (tertiary/aromatic N) is 1. The molecule has 0 aliphatic carbocycles. The average Bonchev–Trinajstić information content (AvgIpc) is 2.53. The van der Waals surface area contributed by atoms with Crippen LogP contribution in [0.5, 0.6) is 0 Å². The quantitative estimate of drug-likeness (QED) is 0.919. The van der Waals surface area contributed by atoms with Gasteiger partial charge in [0.1, 0.15) is 5.82 Å². The highest BCUT2D eigenvalue weighted by molar-refractivity contribution is 5.98. The van der Waals surface area contributed by atoms with E-state index in [9.17, 15) is 9.18 Å². The molecule has 3 rings (SSSR count). The SMILES string of the molecule is CN(C(=O)C1CNCc2ccccc21)c1ccccc1F. The van der Waals surface area contributed by atoms with Crippen LogP contribution in [0.15, 0.2) is 48.5 Å². The predicted molar refractivity (Wildman–Crippen MR) is 80.7 cm³/mol. The Morgan fingerprint density at radius 1 is 1.19 bits per heavy atom. The molecule has 108 valence electrons. The number of carbonyl (C=O) groups is 1. The van der Waals surface area contributed by atoms with E-state index in [2.05, 4.69) is 5.32 Å². The fraction of sp³-hybridized carbons (Fsp3) is 0.235. The number of anilines is 1. The maximum absolute atomic E-state index is 13.9. The van der Waals surface area contributed by atoms with Crippen LogP contribution in [-0.4, -0.2) is 19.5 Å². The summed E-state index contributed by atoms with van der Waals surface area (Å²) in [6.45, 7) is 1.35. The van der Waals surface area contributed by atoms with Crippen molar-refractivity contribution in [3.63, 3.8) is 0 Å². The molecule has 21 heavy (non-hydrogen) atoms. The number of carbonyl (C=O) groups excluding carboxylic acids is 1. The van der Waals surface area contributed by atoms with Gasteiger partial charge >= 0.3 is 0 Å². The summed E-state index contributed by atoms with van der Waals surface area (Å²) < 4.78 is 13.9. The number of hydrogen-bond acceptors (Lipinski definition) is 2. The van der Waals surface area contributed by atoms with Gasteiger partial charge in [0, 0.05) is 20.1 Å². The molecule has 1 atom stereocenters. The minimum absolute atomic E-state index is 0.0975. The van der Waals surface area contributed by atoms with Crippen molar-refractivity contribution < 1.29 is 9.18 Å². The van der Waals surface area contributed by atoms with Gasteiger partial charge in [-0.2, -0.15) is 0 Å². The Balaban J connectivity index is 1.91. The summed E-state index contributed by atoms with van der Waals surface area (Å²) in [6.07, 6.45) is 0. The first kappa shape index (κ1) is 13.8. The number of benzene rings is 2. The summed E-state index contributed by atoms with van der Waals surface area (Å²) in [7, 11) is 1.62. The van der Waals surface area contributed by atoms with Gasteiger partial charge in [-0.25, -0.2) is 4.39 Å². The van der Waals surface area contributed by atoms with Gasteiger partial charge in [-0.05, 0) is 23.3 Å². The van der Waals surface area contributed by atoms with Crippen LogP contribution in [0.1, 0.15) is 17.0 Å². The first-order chi connectivity index (χ1) is 10.2. The highest BCUT2D eigenvalue weighted by atomic mass is 19.1. The van der Waals surface area contributed by atoms with Gasteiger partial charge in [0.2, 0.25) is 5.91 Å². The number of fused-ring (bicyclic) bond motifs is 1. The van der Waals surface area contributed by atoms with Crippen LogP contribution < -0.4 is 10.2 Å². The highest BCUT2D eigenvalue weighted by Crippen LogP contribution is 2.28. The monoisotopic (exact) mass is 284 g/mol. The number of nitrogens with one attached hydrogen (secondary N) is 1. The molecule has 1 unspecified atom stereocenters. The second kappa shape index (κ2) is 5.66. The number of halogens is 1. The van der Waals surface area contributed by atoms with E-state index < -0.39 is 0 Å². The molecule has 1 amide bonds. The summed E-state index contributed by atoms with van der Waals surface area (Å²) in [4.78, 5) is 14.1. The van der Waals surface area contributed by atoms with Crippen LogP contribution >= 0.6 is 0 Å². The van der Waals surface area contributed by atoms with Gasteiger partial charge < -0.3 is 10.2 Å². The van der Waals surface area contributed by atoms with Crippen molar-refractivity contribution in [3.8, 4) is 0 Å². The Hall–Kier alpha value is -2.20. The van der Waals surface area contributed by atoms with Gasteiger partial charge in [-0.3, -0.25) is 4.79 Å². The Morgan fingerprint density at radius 2 is 1.90 bits per heavy atom. The van der Waals surface area contributed by atoms with E-state index in [0.717, 1.165) is 17.7 Å². The molecule has 1 heterocycles. The normalized spacial score (nSPS) is 17.1. The van der Waals surface area contributed by atoms with E-state index in [4.69, 9.17) is 0 Å². The van der Waals surface area contributed by atoms with E-state index >= 15 is 0 Å². The molecule has 0 spiro atoms. The molecular weight excluding hydrogens is 267 g/mol. The Kier molecular flexibility index (Phi) is 3.71. The summed E-state index contributed by atoms with van der Waals surface area (Å²) >= 11 is 0. The minimum atomic E-state index is -0.384. The molecule has 0 bridgehead atoms. The van der Waals surface area contributed by atoms with Crippen molar-refractivity contribution in [2.75, 3.05) is 18.5 Å². The second-order valence-corrected chi connectivity index (χ2v) is 5.23. The molecule has 0 aromatic heterocycles. The van der Waals surface area contributed by atoms with Gasteiger partial charge in [0.15, 0.2) is 0 Å². The number of rotatable bonds is 2. The van der Waals surface area contributed by atoms with Crippen molar-refractivity contribution in [2.24, 2.45) is 0 Å². The first-order valence-electron chi connectivity index (χ1n) is 6.99. The minimum Gasteiger partial charge on any atom is -0.312 e. The standard InChI is InChI=1S/C17H17FN2O/c1-20(16-9-5-4-8-15(16)18)17(21)14-11-19-10-12-6-2-3-7-13(12)14/h2-9,14,19H,10-11H2,1H3. The van der Waals surface area contributed by atoms with Crippen LogP contribution in [0, 0.1) is 5.82 Å². The van der Waals surface area contributed by atoms with Gasteiger partial charge in [-0.15, -0.1) is 0 Å². The number of para-hydroxylation sites is 1. The lowest BCUT2D eigenvalue weighted by Crippen LogP contribution is -2.40. The molecule has 1 aliphatic heterocycles. The molecule has 2 aromatic carbocycles. The van der Waals surface area contributed by atoms with Crippen LogP contribution in [0.2, 0.25) is 0 Å².